The van der Waals surface area contributed by atoms with Crippen molar-refractivity contribution in [3.05, 3.63) is 64.1 Å². The van der Waals surface area contributed by atoms with Crippen molar-refractivity contribution in [2.45, 2.75) is 26.4 Å². The minimum absolute atomic E-state index is 0.00877. The zero-order chi connectivity index (χ0) is 16.8. The molecule has 0 fully saturated rings. The maximum Gasteiger partial charge on any atom is 0.223 e. The largest absolute Gasteiger partial charge is 0.503 e. The third kappa shape index (κ3) is 4.21. The fraction of sp³-hybridized carbons (Fsp3) is 0.389. The van der Waals surface area contributed by atoms with Crippen LogP contribution in [0.3, 0.4) is 0 Å². The summed E-state index contributed by atoms with van der Waals surface area (Å²) in [6, 6.07) is 11.4. The Morgan fingerprint density at radius 1 is 1.26 bits per heavy atom. The Hall–Kier alpha value is -2.11. The third-order valence-corrected chi connectivity index (χ3v) is 4.09. The first-order valence-electron chi connectivity index (χ1n) is 7.89. The van der Waals surface area contributed by atoms with E-state index in [1.54, 1.807) is 0 Å². The number of benzene rings is 1. The number of hydrogen-bond acceptors (Lipinski definition) is 4. The standard InChI is InChI=1S/C18H24N2O3/c1-3-19(9-10-21)12-16-11-17(22)18(23)13-20(16)14(2)15-7-5-4-6-8-15/h4-8,11,13-14,21,23H,3,9-10,12H2,1-2H3. The molecule has 1 unspecified atom stereocenters. The molecular formula is C18H24N2O3. The molecule has 0 aliphatic rings. The second-order valence-electron chi connectivity index (χ2n) is 5.60. The van der Waals surface area contributed by atoms with Gasteiger partial charge in [0.05, 0.1) is 18.8 Å². The summed E-state index contributed by atoms with van der Waals surface area (Å²) in [5.41, 5.74) is 1.54. The van der Waals surface area contributed by atoms with Crippen LogP contribution in [0.2, 0.25) is 0 Å². The molecule has 5 heteroatoms. The van der Waals surface area contributed by atoms with Crippen molar-refractivity contribution in [1.29, 1.82) is 0 Å². The minimum atomic E-state index is -0.378. The lowest BCUT2D eigenvalue weighted by atomic mass is 10.1. The number of pyridine rings is 1. The van der Waals surface area contributed by atoms with Gasteiger partial charge >= 0.3 is 0 Å². The van der Waals surface area contributed by atoms with Crippen LogP contribution in [0.15, 0.2) is 47.4 Å². The zero-order valence-electron chi connectivity index (χ0n) is 13.6. The lowest BCUT2D eigenvalue weighted by molar-refractivity contribution is 0.193. The highest BCUT2D eigenvalue weighted by atomic mass is 16.3. The van der Waals surface area contributed by atoms with Gasteiger partial charge in [-0.05, 0) is 19.0 Å². The van der Waals surface area contributed by atoms with E-state index in [9.17, 15) is 9.90 Å². The number of aliphatic hydroxyl groups is 1. The van der Waals surface area contributed by atoms with E-state index in [0.29, 0.717) is 13.1 Å². The fourth-order valence-electron chi connectivity index (χ4n) is 2.68. The summed E-state index contributed by atoms with van der Waals surface area (Å²) in [6.45, 7) is 5.99. The van der Waals surface area contributed by atoms with Crippen LogP contribution in [0.4, 0.5) is 0 Å². The first kappa shape index (κ1) is 17.2. The average Bonchev–Trinajstić information content (AvgIpc) is 2.57. The Morgan fingerprint density at radius 3 is 2.57 bits per heavy atom. The SMILES string of the molecule is CCN(CCO)Cc1cc(=O)c(O)cn1C(C)c1ccccc1. The number of aromatic hydroxyl groups is 1. The van der Waals surface area contributed by atoms with Gasteiger partial charge in [-0.2, -0.15) is 0 Å². The normalized spacial score (nSPS) is 12.5. The topological polar surface area (TPSA) is 65.7 Å². The summed E-state index contributed by atoms with van der Waals surface area (Å²) in [5.74, 6) is -0.248. The number of nitrogens with zero attached hydrogens (tertiary/aromatic N) is 2. The maximum atomic E-state index is 11.8. The summed E-state index contributed by atoms with van der Waals surface area (Å²) in [4.78, 5) is 13.9. The molecule has 0 bridgehead atoms. The summed E-state index contributed by atoms with van der Waals surface area (Å²) in [7, 11) is 0. The van der Waals surface area contributed by atoms with E-state index in [1.165, 1.54) is 12.3 Å². The molecule has 0 spiro atoms. The third-order valence-electron chi connectivity index (χ3n) is 4.09. The van der Waals surface area contributed by atoms with Crippen LogP contribution in [0.25, 0.3) is 0 Å². The quantitative estimate of drug-likeness (QED) is 0.820. The molecule has 124 valence electrons. The van der Waals surface area contributed by atoms with E-state index in [1.807, 2.05) is 48.7 Å². The predicted octanol–water partition coefficient (Wildman–Crippen LogP) is 1.98. The molecule has 23 heavy (non-hydrogen) atoms. The highest BCUT2D eigenvalue weighted by Gasteiger charge is 2.15. The molecule has 2 N–H and O–H groups in total. The summed E-state index contributed by atoms with van der Waals surface area (Å²) < 4.78 is 1.92. The monoisotopic (exact) mass is 316 g/mol. The van der Waals surface area contributed by atoms with Gasteiger partial charge in [-0.25, -0.2) is 0 Å². The van der Waals surface area contributed by atoms with E-state index >= 15 is 0 Å². The van der Waals surface area contributed by atoms with Gasteiger partial charge in [0, 0.05) is 24.8 Å². The molecule has 0 saturated heterocycles. The van der Waals surface area contributed by atoms with Crippen molar-refractivity contribution in [3.63, 3.8) is 0 Å². The minimum Gasteiger partial charge on any atom is -0.503 e. The summed E-state index contributed by atoms with van der Waals surface area (Å²) >= 11 is 0. The zero-order valence-corrected chi connectivity index (χ0v) is 13.6. The predicted molar refractivity (Wildman–Crippen MR) is 90.7 cm³/mol. The Labute approximate surface area is 136 Å². The van der Waals surface area contributed by atoms with E-state index in [2.05, 4.69) is 4.90 Å². The summed E-state index contributed by atoms with van der Waals surface area (Å²) in [6.07, 6.45) is 1.50. The van der Waals surface area contributed by atoms with Crippen LogP contribution in [0.5, 0.6) is 5.75 Å². The van der Waals surface area contributed by atoms with Crippen LogP contribution in [0.1, 0.15) is 31.1 Å². The number of rotatable bonds is 7. The van der Waals surface area contributed by atoms with Crippen molar-refractivity contribution >= 4 is 0 Å². The van der Waals surface area contributed by atoms with Gasteiger partial charge in [-0.15, -0.1) is 0 Å². The fourth-order valence-corrected chi connectivity index (χ4v) is 2.68. The van der Waals surface area contributed by atoms with Crippen molar-refractivity contribution in [2.24, 2.45) is 0 Å². The molecule has 0 saturated carbocycles. The van der Waals surface area contributed by atoms with E-state index in [-0.39, 0.29) is 23.8 Å². The first-order chi connectivity index (χ1) is 11.1. The van der Waals surface area contributed by atoms with Crippen LogP contribution in [-0.4, -0.2) is 39.4 Å². The summed E-state index contributed by atoms with van der Waals surface area (Å²) in [5, 5.41) is 19.0. The van der Waals surface area contributed by atoms with Gasteiger partial charge in [-0.1, -0.05) is 37.3 Å². The second-order valence-corrected chi connectivity index (χ2v) is 5.60. The Bertz CT molecular complexity index is 682. The van der Waals surface area contributed by atoms with Crippen molar-refractivity contribution in [2.75, 3.05) is 19.7 Å². The lowest BCUT2D eigenvalue weighted by Crippen LogP contribution is -2.29. The Morgan fingerprint density at radius 2 is 1.96 bits per heavy atom. The Kier molecular flexibility index (Phi) is 5.96. The molecule has 0 aliphatic carbocycles. The number of likely N-dealkylation sites (N-methyl/N-ethyl adjacent to an activating group) is 1. The molecule has 0 aliphatic heterocycles. The van der Waals surface area contributed by atoms with E-state index in [0.717, 1.165) is 17.8 Å². The van der Waals surface area contributed by atoms with Crippen LogP contribution >= 0.6 is 0 Å². The molecule has 1 aromatic heterocycles. The van der Waals surface area contributed by atoms with E-state index < -0.39 is 0 Å². The van der Waals surface area contributed by atoms with Crippen LogP contribution < -0.4 is 5.43 Å². The molecule has 2 aromatic rings. The maximum absolute atomic E-state index is 11.8. The molecule has 0 radical (unpaired) electrons. The second kappa shape index (κ2) is 7.94. The molecular weight excluding hydrogens is 292 g/mol. The molecule has 1 aromatic carbocycles. The molecule has 1 atom stereocenters. The lowest BCUT2D eigenvalue weighted by Gasteiger charge is -2.25. The van der Waals surface area contributed by atoms with Gasteiger partial charge in [0.15, 0.2) is 5.75 Å². The molecule has 1 heterocycles. The molecule has 5 nitrogen and oxygen atoms in total. The first-order valence-corrected chi connectivity index (χ1v) is 7.89. The van der Waals surface area contributed by atoms with Crippen molar-refractivity contribution in [1.82, 2.24) is 9.47 Å². The average molecular weight is 316 g/mol. The van der Waals surface area contributed by atoms with Crippen LogP contribution in [-0.2, 0) is 6.54 Å². The Balaban J connectivity index is 2.41. The smallest absolute Gasteiger partial charge is 0.223 e. The highest BCUT2D eigenvalue weighted by molar-refractivity contribution is 5.25. The number of aromatic nitrogens is 1. The van der Waals surface area contributed by atoms with Crippen molar-refractivity contribution in [3.8, 4) is 5.75 Å². The van der Waals surface area contributed by atoms with Gasteiger partial charge in [0.2, 0.25) is 5.43 Å². The highest BCUT2D eigenvalue weighted by Crippen LogP contribution is 2.21. The van der Waals surface area contributed by atoms with Gasteiger partial charge in [0.1, 0.15) is 0 Å². The number of aliphatic hydroxyl groups excluding tert-OH is 1. The van der Waals surface area contributed by atoms with Crippen LogP contribution in [0, 0.1) is 0 Å². The van der Waals surface area contributed by atoms with Gasteiger partial charge < -0.3 is 14.8 Å². The molecule has 2 rings (SSSR count). The van der Waals surface area contributed by atoms with Gasteiger partial charge in [0.25, 0.3) is 0 Å². The van der Waals surface area contributed by atoms with Gasteiger partial charge in [-0.3, -0.25) is 9.69 Å². The number of hydrogen-bond donors (Lipinski definition) is 2. The van der Waals surface area contributed by atoms with E-state index in [4.69, 9.17) is 5.11 Å². The van der Waals surface area contributed by atoms with Crippen molar-refractivity contribution < 1.29 is 10.2 Å². The molecule has 0 amide bonds.